The van der Waals surface area contributed by atoms with E-state index in [2.05, 4.69) is 36.5 Å². The maximum absolute atomic E-state index is 6.17. The predicted octanol–water partition coefficient (Wildman–Crippen LogP) is 1.67. The highest BCUT2D eigenvalue weighted by atomic mass is 127. The molecular weight excluding hydrogens is 423 g/mol. The summed E-state index contributed by atoms with van der Waals surface area (Å²) in [5.41, 5.74) is 6.17. The third kappa shape index (κ3) is 5.37. The summed E-state index contributed by atoms with van der Waals surface area (Å²) in [5.74, 6) is 4.77. The van der Waals surface area contributed by atoms with Crippen molar-refractivity contribution in [1.82, 2.24) is 14.9 Å². The number of guanidine groups is 1. The van der Waals surface area contributed by atoms with E-state index in [0.29, 0.717) is 5.96 Å². The summed E-state index contributed by atoms with van der Waals surface area (Å²) in [6.45, 7) is 4.43. The Kier molecular flexibility index (Phi) is 7.68. The minimum Gasteiger partial charge on any atom is -0.370 e. The van der Waals surface area contributed by atoms with Crippen LogP contribution < -0.4 is 10.6 Å². The lowest BCUT2D eigenvalue weighted by Gasteiger charge is -2.35. The zero-order valence-electron chi connectivity index (χ0n) is 13.3. The van der Waals surface area contributed by atoms with Crippen LogP contribution in [0.5, 0.6) is 0 Å². The van der Waals surface area contributed by atoms with Gasteiger partial charge in [-0.05, 0) is 36.3 Å². The van der Waals surface area contributed by atoms with Gasteiger partial charge in [-0.25, -0.2) is 9.97 Å². The van der Waals surface area contributed by atoms with Gasteiger partial charge in [0.2, 0.25) is 5.95 Å². The first-order chi connectivity index (χ1) is 10.8. The van der Waals surface area contributed by atoms with Crippen LogP contribution in [-0.2, 0) is 0 Å². The number of aliphatic imine (C=N–C) groups is 1. The van der Waals surface area contributed by atoms with Crippen molar-refractivity contribution in [3.63, 3.8) is 0 Å². The molecule has 0 unspecified atom stereocenters. The fraction of sp³-hybridized carbons (Fsp3) is 0.667. The summed E-state index contributed by atoms with van der Waals surface area (Å²) >= 11 is 2.05. The van der Waals surface area contributed by atoms with Crippen LogP contribution in [0.2, 0.25) is 0 Å². The Hall–Kier alpha value is -0.770. The summed E-state index contributed by atoms with van der Waals surface area (Å²) < 4.78 is 0. The zero-order chi connectivity index (χ0) is 15.2. The molecule has 1 aromatic rings. The van der Waals surface area contributed by atoms with Gasteiger partial charge in [0.15, 0.2) is 5.96 Å². The second-order valence-corrected chi connectivity index (χ2v) is 7.00. The lowest BCUT2D eigenvalue weighted by Crippen LogP contribution is -2.51. The molecule has 0 spiro atoms. The fourth-order valence-corrected chi connectivity index (χ4v) is 4.05. The maximum Gasteiger partial charge on any atom is 0.225 e. The van der Waals surface area contributed by atoms with E-state index in [1.54, 1.807) is 12.4 Å². The summed E-state index contributed by atoms with van der Waals surface area (Å²) in [6, 6.07) is 1.84. The molecule has 8 heteroatoms. The number of piperazine rings is 1. The average Bonchev–Trinajstić information content (AvgIpc) is 2.61. The minimum absolute atomic E-state index is 0. The first-order valence-electron chi connectivity index (χ1n) is 7.97. The molecule has 2 fully saturated rings. The predicted molar refractivity (Wildman–Crippen MR) is 108 cm³/mol. The molecule has 0 radical (unpaired) electrons. The van der Waals surface area contributed by atoms with Crippen molar-refractivity contribution in [1.29, 1.82) is 0 Å². The van der Waals surface area contributed by atoms with Gasteiger partial charge >= 0.3 is 0 Å². The van der Waals surface area contributed by atoms with E-state index in [1.807, 2.05) is 6.07 Å². The van der Waals surface area contributed by atoms with Gasteiger partial charge in [-0.15, -0.1) is 24.0 Å². The Labute approximate surface area is 159 Å². The van der Waals surface area contributed by atoms with Crippen molar-refractivity contribution in [3.8, 4) is 0 Å². The number of rotatable bonds is 3. The molecule has 1 aromatic heterocycles. The van der Waals surface area contributed by atoms with Crippen LogP contribution in [0.15, 0.2) is 23.5 Å². The van der Waals surface area contributed by atoms with Crippen molar-refractivity contribution in [2.45, 2.75) is 12.8 Å². The van der Waals surface area contributed by atoms with E-state index in [9.17, 15) is 0 Å². The molecule has 0 atom stereocenters. The number of nitrogens with zero attached hydrogens (tertiary/aromatic N) is 5. The van der Waals surface area contributed by atoms with Gasteiger partial charge < -0.3 is 15.5 Å². The van der Waals surface area contributed by atoms with E-state index >= 15 is 0 Å². The van der Waals surface area contributed by atoms with E-state index in [0.717, 1.165) is 44.6 Å². The first-order valence-corrected chi connectivity index (χ1v) is 9.13. The molecule has 0 saturated carbocycles. The van der Waals surface area contributed by atoms with Gasteiger partial charge in [-0.2, -0.15) is 11.8 Å². The quantitative estimate of drug-likeness (QED) is 0.431. The summed E-state index contributed by atoms with van der Waals surface area (Å²) in [4.78, 5) is 17.6. The Morgan fingerprint density at radius 2 is 1.83 bits per heavy atom. The van der Waals surface area contributed by atoms with Crippen LogP contribution in [0, 0.1) is 5.92 Å². The second-order valence-electron chi connectivity index (χ2n) is 5.78. The molecule has 3 rings (SSSR count). The standard InChI is InChI=1S/C15H24N6S.HI/c16-14(19-12-13-2-10-22-11-3-13)20-6-8-21(9-7-20)15-17-4-1-5-18-15;/h1,4-5,13H,2-3,6-12H2,(H2,16,19);1H. The minimum atomic E-state index is 0. The highest BCUT2D eigenvalue weighted by Crippen LogP contribution is 2.22. The molecule has 128 valence electrons. The van der Waals surface area contributed by atoms with E-state index in [4.69, 9.17) is 5.73 Å². The highest BCUT2D eigenvalue weighted by Gasteiger charge is 2.20. The first kappa shape index (κ1) is 18.6. The molecule has 2 N–H and O–H groups in total. The van der Waals surface area contributed by atoms with Crippen molar-refractivity contribution in [3.05, 3.63) is 18.5 Å². The number of anilines is 1. The summed E-state index contributed by atoms with van der Waals surface area (Å²) in [6.07, 6.45) is 6.13. The van der Waals surface area contributed by atoms with Gasteiger partial charge in [0.1, 0.15) is 0 Å². The van der Waals surface area contributed by atoms with Crippen molar-refractivity contribution in [2.24, 2.45) is 16.6 Å². The monoisotopic (exact) mass is 448 g/mol. The van der Waals surface area contributed by atoms with Crippen molar-refractivity contribution < 1.29 is 0 Å². The highest BCUT2D eigenvalue weighted by molar-refractivity contribution is 14.0. The molecular formula is C15H25IN6S. The molecule has 0 aromatic carbocycles. The van der Waals surface area contributed by atoms with Gasteiger partial charge in [-0.3, -0.25) is 4.99 Å². The van der Waals surface area contributed by atoms with Gasteiger partial charge in [-0.1, -0.05) is 0 Å². The van der Waals surface area contributed by atoms with Crippen LogP contribution >= 0.6 is 35.7 Å². The summed E-state index contributed by atoms with van der Waals surface area (Å²) in [5, 5.41) is 0. The molecule has 2 aliphatic heterocycles. The summed E-state index contributed by atoms with van der Waals surface area (Å²) in [7, 11) is 0. The van der Waals surface area contributed by atoms with E-state index in [1.165, 1.54) is 24.3 Å². The van der Waals surface area contributed by atoms with E-state index < -0.39 is 0 Å². The average molecular weight is 448 g/mol. The molecule has 0 amide bonds. The van der Waals surface area contributed by atoms with Crippen LogP contribution in [0.3, 0.4) is 0 Å². The number of nitrogens with two attached hydrogens (primary N) is 1. The number of hydrogen-bond donors (Lipinski definition) is 1. The van der Waals surface area contributed by atoms with Crippen LogP contribution in [-0.4, -0.2) is 65.1 Å². The molecule has 2 aliphatic rings. The van der Waals surface area contributed by atoms with Crippen molar-refractivity contribution >= 4 is 47.6 Å². The molecule has 3 heterocycles. The fourth-order valence-electron chi connectivity index (χ4n) is 2.84. The third-order valence-corrected chi connectivity index (χ3v) is 5.34. The molecule has 2 saturated heterocycles. The normalized spacial score (nSPS) is 20.3. The van der Waals surface area contributed by atoms with Gasteiger partial charge in [0.05, 0.1) is 0 Å². The lowest BCUT2D eigenvalue weighted by molar-refractivity contribution is 0.376. The number of halogens is 1. The molecule has 0 aliphatic carbocycles. The topological polar surface area (TPSA) is 70.6 Å². The molecule has 6 nitrogen and oxygen atoms in total. The number of hydrogen-bond acceptors (Lipinski definition) is 5. The maximum atomic E-state index is 6.17. The second kappa shape index (κ2) is 9.51. The Morgan fingerprint density at radius 3 is 2.48 bits per heavy atom. The molecule has 0 bridgehead atoms. The number of thioether (sulfide) groups is 1. The van der Waals surface area contributed by atoms with Crippen molar-refractivity contribution in [2.75, 3.05) is 49.1 Å². The third-order valence-electron chi connectivity index (χ3n) is 4.29. The Morgan fingerprint density at radius 1 is 1.17 bits per heavy atom. The smallest absolute Gasteiger partial charge is 0.225 e. The lowest BCUT2D eigenvalue weighted by atomic mass is 10.0. The van der Waals surface area contributed by atoms with E-state index in [-0.39, 0.29) is 24.0 Å². The van der Waals surface area contributed by atoms with Gasteiger partial charge in [0, 0.05) is 45.1 Å². The molecule has 23 heavy (non-hydrogen) atoms. The number of aromatic nitrogens is 2. The van der Waals surface area contributed by atoms with Gasteiger partial charge in [0.25, 0.3) is 0 Å². The SMILES string of the molecule is I.NC(=NCC1CCSCC1)N1CCN(c2ncccn2)CC1. The van der Waals surface area contributed by atoms with Crippen LogP contribution in [0.1, 0.15) is 12.8 Å². The Bertz CT molecular complexity index is 486. The largest absolute Gasteiger partial charge is 0.370 e. The van der Waals surface area contributed by atoms with Crippen LogP contribution in [0.25, 0.3) is 0 Å². The van der Waals surface area contributed by atoms with Crippen LogP contribution in [0.4, 0.5) is 5.95 Å². The Balaban J connectivity index is 0.00000192. The zero-order valence-corrected chi connectivity index (χ0v) is 16.5.